The van der Waals surface area contributed by atoms with E-state index in [0.29, 0.717) is 5.75 Å². The highest BCUT2D eigenvalue weighted by molar-refractivity contribution is 5.87. The molecule has 0 bridgehead atoms. The summed E-state index contributed by atoms with van der Waals surface area (Å²) in [7, 11) is 0. The van der Waals surface area contributed by atoms with Crippen LogP contribution in [0.25, 0.3) is 11.0 Å². The van der Waals surface area contributed by atoms with Crippen LogP contribution in [0.15, 0.2) is 28.9 Å². The van der Waals surface area contributed by atoms with Crippen LogP contribution in [0.1, 0.15) is 12.5 Å². The number of benzene rings is 1. The Morgan fingerprint density at radius 2 is 2.21 bits per heavy atom. The largest absolute Gasteiger partial charge is 0.460 e. The third-order valence-corrected chi connectivity index (χ3v) is 1.95. The third kappa shape index (κ3) is 1.48. The van der Waals surface area contributed by atoms with Gasteiger partial charge in [0.15, 0.2) is 5.75 Å². The lowest BCUT2D eigenvalue weighted by molar-refractivity contribution is -0.131. The third-order valence-electron chi connectivity index (χ3n) is 1.95. The zero-order valence-electron chi connectivity index (χ0n) is 8.03. The number of carbonyl (C=O) groups is 1. The molecule has 2 rings (SSSR count). The summed E-state index contributed by atoms with van der Waals surface area (Å²) >= 11 is 0. The molecule has 0 aliphatic heterocycles. The molecule has 0 spiro atoms. The SMILES string of the molecule is CC(=O)Oc1coc2cc(C)ccc12. The van der Waals surface area contributed by atoms with Crippen LogP contribution in [0.3, 0.4) is 0 Å². The first-order valence-electron chi connectivity index (χ1n) is 4.33. The summed E-state index contributed by atoms with van der Waals surface area (Å²) in [5.41, 5.74) is 1.85. The van der Waals surface area contributed by atoms with Gasteiger partial charge in [0, 0.05) is 6.92 Å². The summed E-state index contributed by atoms with van der Waals surface area (Å²) in [6, 6.07) is 5.74. The molecule has 0 unspecified atom stereocenters. The fourth-order valence-corrected chi connectivity index (χ4v) is 1.34. The van der Waals surface area contributed by atoms with Gasteiger partial charge < -0.3 is 9.15 Å². The Balaban J connectivity index is 2.52. The van der Waals surface area contributed by atoms with Crippen LogP contribution in [-0.2, 0) is 4.79 Å². The zero-order valence-corrected chi connectivity index (χ0v) is 8.03. The van der Waals surface area contributed by atoms with Gasteiger partial charge in [0.25, 0.3) is 0 Å². The standard InChI is InChI=1S/C11H10O3/c1-7-3-4-9-10(5-7)13-6-11(9)14-8(2)12/h3-6H,1-2H3. The number of hydrogen-bond acceptors (Lipinski definition) is 3. The Labute approximate surface area is 81.3 Å². The van der Waals surface area contributed by atoms with E-state index in [0.717, 1.165) is 16.5 Å². The van der Waals surface area contributed by atoms with E-state index < -0.39 is 0 Å². The van der Waals surface area contributed by atoms with Gasteiger partial charge in [-0.05, 0) is 24.6 Å². The Hall–Kier alpha value is -1.77. The molecule has 0 aliphatic carbocycles. The first kappa shape index (κ1) is 8.81. The number of carbonyl (C=O) groups excluding carboxylic acids is 1. The van der Waals surface area contributed by atoms with E-state index in [9.17, 15) is 4.79 Å². The highest BCUT2D eigenvalue weighted by atomic mass is 16.5. The molecule has 3 nitrogen and oxygen atoms in total. The van der Waals surface area contributed by atoms with Crippen molar-refractivity contribution in [2.75, 3.05) is 0 Å². The van der Waals surface area contributed by atoms with Crippen molar-refractivity contribution in [3.05, 3.63) is 30.0 Å². The summed E-state index contributed by atoms with van der Waals surface area (Å²) in [6.07, 6.45) is 1.45. The van der Waals surface area contributed by atoms with E-state index in [2.05, 4.69) is 0 Å². The van der Waals surface area contributed by atoms with Crippen LogP contribution < -0.4 is 4.74 Å². The summed E-state index contributed by atoms with van der Waals surface area (Å²) in [4.78, 5) is 10.8. The Morgan fingerprint density at radius 1 is 1.43 bits per heavy atom. The summed E-state index contributed by atoms with van der Waals surface area (Å²) in [6.45, 7) is 3.35. The van der Waals surface area contributed by atoms with E-state index in [-0.39, 0.29) is 5.97 Å². The molecule has 0 N–H and O–H groups in total. The van der Waals surface area contributed by atoms with Crippen molar-refractivity contribution in [2.45, 2.75) is 13.8 Å². The fourth-order valence-electron chi connectivity index (χ4n) is 1.34. The molecule has 0 aliphatic rings. The molecule has 14 heavy (non-hydrogen) atoms. The van der Waals surface area contributed by atoms with E-state index in [1.807, 2.05) is 25.1 Å². The van der Waals surface area contributed by atoms with Crippen LogP contribution in [0, 0.1) is 6.92 Å². The van der Waals surface area contributed by atoms with Gasteiger partial charge >= 0.3 is 5.97 Å². The van der Waals surface area contributed by atoms with Crippen molar-refractivity contribution in [2.24, 2.45) is 0 Å². The number of rotatable bonds is 1. The first-order valence-corrected chi connectivity index (χ1v) is 4.33. The lowest BCUT2D eigenvalue weighted by atomic mass is 10.2. The Bertz CT molecular complexity index is 482. The van der Waals surface area contributed by atoms with Crippen molar-refractivity contribution >= 4 is 16.9 Å². The maximum atomic E-state index is 10.8. The number of esters is 1. The van der Waals surface area contributed by atoms with Gasteiger partial charge in [0.2, 0.25) is 0 Å². The fraction of sp³-hybridized carbons (Fsp3) is 0.182. The topological polar surface area (TPSA) is 39.4 Å². The van der Waals surface area contributed by atoms with E-state index in [4.69, 9.17) is 9.15 Å². The molecule has 0 radical (unpaired) electrons. The molecule has 1 heterocycles. The van der Waals surface area contributed by atoms with Gasteiger partial charge in [-0.3, -0.25) is 4.79 Å². The van der Waals surface area contributed by atoms with Crippen LogP contribution in [-0.4, -0.2) is 5.97 Å². The van der Waals surface area contributed by atoms with Gasteiger partial charge in [-0.1, -0.05) is 6.07 Å². The summed E-state index contributed by atoms with van der Waals surface area (Å²) in [5, 5.41) is 0.825. The van der Waals surface area contributed by atoms with E-state index in [1.54, 1.807) is 0 Å². The molecule has 72 valence electrons. The minimum absolute atomic E-state index is 0.340. The van der Waals surface area contributed by atoms with Crippen molar-refractivity contribution in [1.29, 1.82) is 0 Å². The second kappa shape index (κ2) is 3.18. The zero-order chi connectivity index (χ0) is 10.1. The quantitative estimate of drug-likeness (QED) is 0.649. The second-order valence-corrected chi connectivity index (χ2v) is 3.19. The summed E-state index contributed by atoms with van der Waals surface area (Å²) < 4.78 is 10.2. The monoisotopic (exact) mass is 190 g/mol. The lowest BCUT2D eigenvalue weighted by Gasteiger charge is -1.96. The number of furan rings is 1. The van der Waals surface area contributed by atoms with Gasteiger partial charge in [-0.25, -0.2) is 0 Å². The Kier molecular flexibility index (Phi) is 2.00. The number of hydrogen-bond donors (Lipinski definition) is 0. The summed E-state index contributed by atoms with van der Waals surface area (Å²) in [5.74, 6) is 0.140. The van der Waals surface area contributed by atoms with Crippen molar-refractivity contribution < 1.29 is 13.9 Å². The van der Waals surface area contributed by atoms with Gasteiger partial charge in [0.05, 0.1) is 5.39 Å². The van der Waals surface area contributed by atoms with Crippen molar-refractivity contribution in [3.8, 4) is 5.75 Å². The van der Waals surface area contributed by atoms with Crippen LogP contribution in [0.4, 0.5) is 0 Å². The average Bonchev–Trinajstić information content (AvgIpc) is 2.47. The molecular weight excluding hydrogens is 180 g/mol. The highest BCUT2D eigenvalue weighted by Crippen LogP contribution is 2.28. The minimum atomic E-state index is -0.340. The molecule has 2 aromatic rings. The number of fused-ring (bicyclic) bond motifs is 1. The van der Waals surface area contributed by atoms with E-state index >= 15 is 0 Å². The van der Waals surface area contributed by atoms with Gasteiger partial charge in [-0.15, -0.1) is 0 Å². The molecule has 0 saturated heterocycles. The molecule has 0 fully saturated rings. The van der Waals surface area contributed by atoms with Crippen LogP contribution >= 0.6 is 0 Å². The molecule has 1 aromatic heterocycles. The van der Waals surface area contributed by atoms with Crippen molar-refractivity contribution in [1.82, 2.24) is 0 Å². The smallest absolute Gasteiger partial charge is 0.308 e. The predicted molar refractivity (Wildman–Crippen MR) is 52.3 cm³/mol. The van der Waals surface area contributed by atoms with Crippen LogP contribution in [0.5, 0.6) is 5.75 Å². The minimum Gasteiger partial charge on any atom is -0.460 e. The molecule has 0 atom stereocenters. The highest BCUT2D eigenvalue weighted by Gasteiger charge is 2.08. The molecule has 0 saturated carbocycles. The Morgan fingerprint density at radius 3 is 2.93 bits per heavy atom. The van der Waals surface area contributed by atoms with Gasteiger partial charge in [0.1, 0.15) is 11.8 Å². The average molecular weight is 190 g/mol. The number of ether oxygens (including phenoxy) is 1. The van der Waals surface area contributed by atoms with Crippen molar-refractivity contribution in [3.63, 3.8) is 0 Å². The molecule has 3 heteroatoms. The van der Waals surface area contributed by atoms with Gasteiger partial charge in [-0.2, -0.15) is 0 Å². The molecular formula is C11H10O3. The maximum Gasteiger partial charge on any atom is 0.308 e. The predicted octanol–water partition coefficient (Wildman–Crippen LogP) is 2.67. The first-order chi connectivity index (χ1) is 6.66. The molecule has 1 aromatic carbocycles. The second-order valence-electron chi connectivity index (χ2n) is 3.19. The van der Waals surface area contributed by atoms with Crippen LogP contribution in [0.2, 0.25) is 0 Å². The maximum absolute atomic E-state index is 10.8. The lowest BCUT2D eigenvalue weighted by Crippen LogP contribution is -2.00. The number of aryl methyl sites for hydroxylation is 1. The van der Waals surface area contributed by atoms with E-state index in [1.165, 1.54) is 13.2 Å². The molecule has 0 amide bonds. The normalized spacial score (nSPS) is 10.4.